The Kier molecular flexibility index (Phi) is 9.59. The first-order valence-electron chi connectivity index (χ1n) is 14.0. The van der Waals surface area contributed by atoms with Crippen LogP contribution in [-0.2, 0) is 25.6 Å². The van der Waals surface area contributed by atoms with E-state index in [1.165, 1.54) is 41.1 Å². The van der Waals surface area contributed by atoms with Crippen molar-refractivity contribution in [3.8, 4) is 22.9 Å². The highest BCUT2D eigenvalue weighted by atomic mass is 19.1. The zero-order valence-electron chi connectivity index (χ0n) is 23.7. The number of tetrazole rings is 1. The van der Waals surface area contributed by atoms with Crippen molar-refractivity contribution in [2.45, 2.75) is 50.5 Å². The molecule has 2 saturated heterocycles. The molecule has 1 N–H and O–H groups in total. The van der Waals surface area contributed by atoms with Crippen molar-refractivity contribution in [1.29, 1.82) is 0 Å². The highest BCUT2D eigenvalue weighted by molar-refractivity contribution is 5.88. The Balaban J connectivity index is 1.40. The van der Waals surface area contributed by atoms with Crippen LogP contribution in [0.4, 0.5) is 4.39 Å². The summed E-state index contributed by atoms with van der Waals surface area (Å²) in [6.07, 6.45) is 3.07. The number of amides is 2. The topological polar surface area (TPSA) is 130 Å². The lowest BCUT2D eigenvalue weighted by Gasteiger charge is -2.33. The van der Waals surface area contributed by atoms with Crippen molar-refractivity contribution >= 4 is 11.8 Å². The Morgan fingerprint density at radius 1 is 1.05 bits per heavy atom. The maximum absolute atomic E-state index is 13.9. The third kappa shape index (κ3) is 7.02. The number of rotatable bonds is 12. The SMILES string of the molecule is COc1ccc(-c2nnn(CC(=O)N(CC3CCCO3)C(C(=O)NCC3CCCO3)c3ccc(F)cc3)n2)cc1OC. The highest BCUT2D eigenvalue weighted by Crippen LogP contribution is 2.31. The Morgan fingerprint density at radius 2 is 1.76 bits per heavy atom. The number of methoxy groups -OCH3 is 2. The van der Waals surface area contributed by atoms with E-state index in [-0.39, 0.29) is 31.2 Å². The lowest BCUT2D eigenvalue weighted by atomic mass is 10.0. The van der Waals surface area contributed by atoms with Gasteiger partial charge < -0.3 is 29.2 Å². The second-order valence-corrected chi connectivity index (χ2v) is 10.2. The van der Waals surface area contributed by atoms with E-state index in [2.05, 4.69) is 20.7 Å². The molecule has 1 aromatic heterocycles. The fraction of sp³-hybridized carbons (Fsp3) is 0.483. The normalized spacial score (nSPS) is 18.9. The lowest BCUT2D eigenvalue weighted by Crippen LogP contribution is -2.48. The molecule has 2 aliphatic rings. The van der Waals surface area contributed by atoms with E-state index in [0.717, 1.165) is 25.7 Å². The van der Waals surface area contributed by atoms with Crippen LogP contribution in [0.25, 0.3) is 11.4 Å². The Labute approximate surface area is 243 Å². The van der Waals surface area contributed by atoms with Gasteiger partial charge in [-0.25, -0.2) is 4.39 Å². The number of halogens is 1. The predicted octanol–water partition coefficient (Wildman–Crippen LogP) is 2.54. The van der Waals surface area contributed by atoms with E-state index in [0.29, 0.717) is 48.2 Å². The third-order valence-electron chi connectivity index (χ3n) is 7.39. The average Bonchev–Trinajstić information content (AvgIpc) is 3.80. The Bertz CT molecular complexity index is 1360. The number of nitrogens with zero attached hydrogens (tertiary/aromatic N) is 5. The molecule has 3 aromatic rings. The van der Waals surface area contributed by atoms with Gasteiger partial charge in [0.15, 0.2) is 11.5 Å². The van der Waals surface area contributed by atoms with Crippen molar-refractivity contribution in [2.24, 2.45) is 0 Å². The van der Waals surface area contributed by atoms with E-state index in [9.17, 15) is 14.0 Å². The highest BCUT2D eigenvalue weighted by Gasteiger charge is 2.35. The molecule has 224 valence electrons. The summed E-state index contributed by atoms with van der Waals surface area (Å²) in [5, 5.41) is 15.5. The van der Waals surface area contributed by atoms with Gasteiger partial charge >= 0.3 is 0 Å². The molecule has 42 heavy (non-hydrogen) atoms. The fourth-order valence-corrected chi connectivity index (χ4v) is 5.21. The number of benzene rings is 2. The molecule has 12 nitrogen and oxygen atoms in total. The summed E-state index contributed by atoms with van der Waals surface area (Å²) in [5.41, 5.74) is 1.10. The molecule has 13 heteroatoms. The summed E-state index contributed by atoms with van der Waals surface area (Å²) in [4.78, 5) is 30.2. The molecule has 2 aliphatic heterocycles. The molecule has 0 spiro atoms. The predicted molar refractivity (Wildman–Crippen MR) is 148 cm³/mol. The molecule has 0 aliphatic carbocycles. The smallest absolute Gasteiger partial charge is 0.247 e. The number of carbonyl (C=O) groups excluding carboxylic acids is 2. The van der Waals surface area contributed by atoms with Crippen molar-refractivity contribution in [3.05, 3.63) is 53.8 Å². The van der Waals surface area contributed by atoms with Gasteiger partial charge in [-0.2, -0.15) is 4.80 Å². The molecule has 2 fully saturated rings. The van der Waals surface area contributed by atoms with Crippen LogP contribution in [0.15, 0.2) is 42.5 Å². The number of aromatic nitrogens is 4. The van der Waals surface area contributed by atoms with Gasteiger partial charge in [0.05, 0.1) is 26.4 Å². The van der Waals surface area contributed by atoms with E-state index < -0.39 is 17.8 Å². The first kappa shape index (κ1) is 29.4. The molecule has 2 amide bonds. The van der Waals surface area contributed by atoms with E-state index in [1.807, 2.05) is 0 Å². The molecule has 3 atom stereocenters. The van der Waals surface area contributed by atoms with Crippen LogP contribution in [0.3, 0.4) is 0 Å². The molecule has 0 bridgehead atoms. The number of hydrogen-bond acceptors (Lipinski definition) is 9. The van der Waals surface area contributed by atoms with Gasteiger partial charge in [0.1, 0.15) is 18.4 Å². The van der Waals surface area contributed by atoms with Gasteiger partial charge in [-0.05, 0) is 66.8 Å². The molecular weight excluding hydrogens is 547 g/mol. The fourth-order valence-electron chi connectivity index (χ4n) is 5.21. The van der Waals surface area contributed by atoms with Crippen LogP contribution in [-0.4, -0.2) is 89.7 Å². The first-order valence-corrected chi connectivity index (χ1v) is 14.0. The van der Waals surface area contributed by atoms with Gasteiger partial charge in [-0.3, -0.25) is 9.59 Å². The molecule has 0 saturated carbocycles. The summed E-state index contributed by atoms with van der Waals surface area (Å²) >= 11 is 0. The quantitative estimate of drug-likeness (QED) is 0.342. The third-order valence-corrected chi connectivity index (χ3v) is 7.39. The van der Waals surface area contributed by atoms with Gasteiger partial charge in [0, 0.05) is 31.9 Å². The van der Waals surface area contributed by atoms with Gasteiger partial charge in [-0.15, -0.1) is 10.2 Å². The maximum Gasteiger partial charge on any atom is 0.247 e. The number of carbonyl (C=O) groups is 2. The second-order valence-electron chi connectivity index (χ2n) is 10.2. The maximum atomic E-state index is 13.9. The number of hydrogen-bond donors (Lipinski definition) is 1. The van der Waals surface area contributed by atoms with E-state index in [4.69, 9.17) is 18.9 Å². The van der Waals surface area contributed by atoms with Crippen molar-refractivity contribution in [3.63, 3.8) is 0 Å². The average molecular weight is 583 g/mol. The van der Waals surface area contributed by atoms with Crippen molar-refractivity contribution < 1.29 is 32.9 Å². The van der Waals surface area contributed by atoms with Crippen LogP contribution in [0.2, 0.25) is 0 Å². The summed E-state index contributed by atoms with van der Waals surface area (Å²) in [6.45, 7) is 1.45. The van der Waals surface area contributed by atoms with Crippen LogP contribution in [0, 0.1) is 5.82 Å². The minimum absolute atomic E-state index is 0.0838. The molecule has 0 radical (unpaired) electrons. The summed E-state index contributed by atoms with van der Waals surface area (Å²) in [6, 6.07) is 9.77. The van der Waals surface area contributed by atoms with E-state index >= 15 is 0 Å². The molecule has 5 rings (SSSR count). The van der Waals surface area contributed by atoms with Crippen LogP contribution in [0.5, 0.6) is 11.5 Å². The van der Waals surface area contributed by atoms with E-state index in [1.54, 1.807) is 25.3 Å². The summed E-state index contributed by atoms with van der Waals surface area (Å²) < 4.78 is 36.0. The van der Waals surface area contributed by atoms with Gasteiger partial charge in [-0.1, -0.05) is 12.1 Å². The Morgan fingerprint density at radius 3 is 2.43 bits per heavy atom. The Hall–Kier alpha value is -4.10. The number of nitrogens with one attached hydrogen (secondary N) is 1. The second kappa shape index (κ2) is 13.7. The molecule has 3 heterocycles. The van der Waals surface area contributed by atoms with Gasteiger partial charge in [0.25, 0.3) is 0 Å². The van der Waals surface area contributed by atoms with Crippen LogP contribution in [0.1, 0.15) is 37.3 Å². The molecule has 2 aromatic carbocycles. The first-order chi connectivity index (χ1) is 20.4. The van der Waals surface area contributed by atoms with Crippen molar-refractivity contribution in [2.75, 3.05) is 40.5 Å². The van der Waals surface area contributed by atoms with Crippen LogP contribution >= 0.6 is 0 Å². The van der Waals surface area contributed by atoms with Crippen LogP contribution < -0.4 is 14.8 Å². The zero-order chi connectivity index (χ0) is 29.5. The summed E-state index contributed by atoms with van der Waals surface area (Å²) in [5.74, 6) is 0.103. The minimum atomic E-state index is -1.03. The zero-order valence-corrected chi connectivity index (χ0v) is 23.7. The monoisotopic (exact) mass is 582 g/mol. The van der Waals surface area contributed by atoms with Crippen molar-refractivity contribution in [1.82, 2.24) is 30.4 Å². The lowest BCUT2D eigenvalue weighted by molar-refractivity contribution is -0.143. The minimum Gasteiger partial charge on any atom is -0.493 e. The van der Waals surface area contributed by atoms with Gasteiger partial charge in [0.2, 0.25) is 17.6 Å². The molecule has 3 unspecified atom stereocenters. The molecular formula is C29H35FN6O6. The standard InChI is InChI=1S/C29H35FN6O6/c1-39-24-12-9-20(15-25(24)40-2)28-32-34-36(33-28)18-26(37)35(17-23-6-4-14-42-23)27(19-7-10-21(30)11-8-19)29(38)31-16-22-5-3-13-41-22/h7-12,15,22-23,27H,3-6,13-14,16-18H2,1-2H3,(H,31,38). The summed E-state index contributed by atoms with van der Waals surface area (Å²) in [7, 11) is 3.07. The largest absolute Gasteiger partial charge is 0.493 e. The number of ether oxygens (including phenoxy) is 4.